The lowest BCUT2D eigenvalue weighted by Gasteiger charge is -2.22. The standard InChI is InChI=1S/C10H13ClN4O3S/c1-12-9(16)8-3-2-4-15(8)19(17,18)7-5-13-10(11)14-6-7/h5-6,8H,2-4H2,1H3,(H,12,16). The van der Waals surface area contributed by atoms with Crippen molar-refractivity contribution < 1.29 is 13.2 Å². The number of aromatic nitrogens is 2. The van der Waals surface area contributed by atoms with Gasteiger partial charge in [0.15, 0.2) is 0 Å². The van der Waals surface area contributed by atoms with Gasteiger partial charge in [0.2, 0.25) is 21.2 Å². The van der Waals surface area contributed by atoms with E-state index in [0.717, 1.165) is 12.4 Å². The van der Waals surface area contributed by atoms with Gasteiger partial charge in [-0.3, -0.25) is 4.79 Å². The third-order valence-electron chi connectivity index (χ3n) is 2.96. The fraction of sp³-hybridized carbons (Fsp3) is 0.500. The predicted octanol–water partition coefficient (Wildman–Crippen LogP) is 0.0291. The Balaban J connectivity index is 2.33. The molecule has 104 valence electrons. The van der Waals surface area contributed by atoms with Crippen LogP contribution in [0.25, 0.3) is 0 Å². The third-order valence-corrected chi connectivity index (χ3v) is 5.01. The van der Waals surface area contributed by atoms with Gasteiger partial charge < -0.3 is 5.32 Å². The Kier molecular flexibility index (Phi) is 4.02. The van der Waals surface area contributed by atoms with Gasteiger partial charge in [0.05, 0.1) is 12.4 Å². The molecule has 1 unspecified atom stereocenters. The highest BCUT2D eigenvalue weighted by atomic mass is 35.5. The number of halogens is 1. The maximum absolute atomic E-state index is 12.4. The Labute approximate surface area is 116 Å². The fourth-order valence-electron chi connectivity index (χ4n) is 2.03. The van der Waals surface area contributed by atoms with Crippen LogP contribution in [0.5, 0.6) is 0 Å². The average Bonchev–Trinajstić information content (AvgIpc) is 2.88. The van der Waals surface area contributed by atoms with Crippen molar-refractivity contribution in [2.75, 3.05) is 13.6 Å². The Morgan fingerprint density at radius 1 is 1.47 bits per heavy atom. The van der Waals surface area contributed by atoms with Gasteiger partial charge in [0.1, 0.15) is 10.9 Å². The van der Waals surface area contributed by atoms with Crippen molar-refractivity contribution in [3.05, 3.63) is 17.7 Å². The zero-order valence-corrected chi connectivity index (χ0v) is 11.8. The summed E-state index contributed by atoms with van der Waals surface area (Å²) in [6, 6.07) is -0.675. The van der Waals surface area contributed by atoms with Gasteiger partial charge >= 0.3 is 0 Å². The summed E-state index contributed by atoms with van der Waals surface area (Å²) in [6.45, 7) is 0.309. The Morgan fingerprint density at radius 3 is 2.68 bits per heavy atom. The number of carbonyl (C=O) groups is 1. The largest absolute Gasteiger partial charge is 0.358 e. The second kappa shape index (κ2) is 5.40. The van der Waals surface area contributed by atoms with E-state index < -0.39 is 16.1 Å². The van der Waals surface area contributed by atoms with Crippen molar-refractivity contribution in [3.63, 3.8) is 0 Å². The van der Waals surface area contributed by atoms with E-state index in [2.05, 4.69) is 15.3 Å². The first-order valence-electron chi connectivity index (χ1n) is 5.68. The lowest BCUT2D eigenvalue weighted by atomic mass is 10.2. The molecule has 1 amide bonds. The van der Waals surface area contributed by atoms with Crippen LogP contribution in [0.2, 0.25) is 5.28 Å². The van der Waals surface area contributed by atoms with E-state index >= 15 is 0 Å². The first-order chi connectivity index (χ1) is 8.96. The van der Waals surface area contributed by atoms with Crippen LogP contribution in [-0.2, 0) is 14.8 Å². The Bertz CT molecular complexity index is 575. The molecule has 0 saturated carbocycles. The first kappa shape index (κ1) is 14.2. The topological polar surface area (TPSA) is 92.3 Å². The summed E-state index contributed by atoms with van der Waals surface area (Å²) in [6.07, 6.45) is 3.44. The van der Waals surface area contributed by atoms with Crippen molar-refractivity contribution >= 4 is 27.5 Å². The van der Waals surface area contributed by atoms with Crippen LogP contribution in [0.1, 0.15) is 12.8 Å². The quantitative estimate of drug-likeness (QED) is 0.795. The van der Waals surface area contributed by atoms with Gasteiger partial charge in [0.25, 0.3) is 0 Å². The number of sulfonamides is 1. The van der Waals surface area contributed by atoms with Crippen molar-refractivity contribution in [1.29, 1.82) is 0 Å². The van der Waals surface area contributed by atoms with E-state index in [9.17, 15) is 13.2 Å². The second-order valence-corrected chi connectivity index (χ2v) is 6.30. The zero-order chi connectivity index (χ0) is 14.0. The van der Waals surface area contributed by atoms with E-state index in [-0.39, 0.29) is 16.1 Å². The molecular formula is C10H13ClN4O3S. The smallest absolute Gasteiger partial charge is 0.246 e. The van der Waals surface area contributed by atoms with Crippen LogP contribution in [0, 0.1) is 0 Å². The maximum atomic E-state index is 12.4. The van der Waals surface area contributed by atoms with E-state index in [1.807, 2.05) is 0 Å². The van der Waals surface area contributed by atoms with Crippen molar-refractivity contribution in [3.8, 4) is 0 Å². The molecule has 1 aromatic rings. The molecule has 0 aliphatic carbocycles. The fourth-order valence-corrected chi connectivity index (χ4v) is 3.67. The van der Waals surface area contributed by atoms with Crippen molar-refractivity contribution in [2.45, 2.75) is 23.8 Å². The summed E-state index contributed by atoms with van der Waals surface area (Å²) < 4.78 is 26.0. The van der Waals surface area contributed by atoms with E-state index in [1.54, 1.807) is 0 Å². The monoisotopic (exact) mass is 304 g/mol. The lowest BCUT2D eigenvalue weighted by molar-refractivity contribution is -0.123. The molecule has 7 nitrogen and oxygen atoms in total. The highest BCUT2D eigenvalue weighted by molar-refractivity contribution is 7.89. The van der Waals surface area contributed by atoms with Gasteiger partial charge in [-0.1, -0.05) is 0 Å². The van der Waals surface area contributed by atoms with Crippen LogP contribution in [-0.4, -0.2) is 48.2 Å². The molecule has 1 atom stereocenters. The van der Waals surface area contributed by atoms with Crippen LogP contribution in [0.4, 0.5) is 0 Å². The number of nitrogens with one attached hydrogen (secondary N) is 1. The molecule has 0 spiro atoms. The molecular weight excluding hydrogens is 292 g/mol. The summed E-state index contributed by atoms with van der Waals surface area (Å²) in [7, 11) is -2.29. The number of rotatable bonds is 3. The third kappa shape index (κ3) is 2.70. The van der Waals surface area contributed by atoms with Gasteiger partial charge in [-0.2, -0.15) is 4.31 Å². The summed E-state index contributed by atoms with van der Waals surface area (Å²) >= 11 is 5.53. The van der Waals surface area contributed by atoms with E-state index in [4.69, 9.17) is 11.6 Å². The highest BCUT2D eigenvalue weighted by Crippen LogP contribution is 2.25. The summed E-state index contributed by atoms with van der Waals surface area (Å²) in [5, 5.41) is 2.45. The number of carbonyl (C=O) groups excluding carboxylic acids is 1. The van der Waals surface area contributed by atoms with Crippen molar-refractivity contribution in [2.24, 2.45) is 0 Å². The summed E-state index contributed by atoms with van der Waals surface area (Å²) in [5.41, 5.74) is 0. The molecule has 2 rings (SSSR count). The number of nitrogens with zero attached hydrogens (tertiary/aromatic N) is 3. The molecule has 0 bridgehead atoms. The molecule has 1 aliphatic rings. The number of likely N-dealkylation sites (N-methyl/N-ethyl adjacent to an activating group) is 1. The Hall–Kier alpha value is -1.25. The molecule has 1 saturated heterocycles. The van der Waals surface area contributed by atoms with Gasteiger partial charge in [-0.25, -0.2) is 18.4 Å². The van der Waals surface area contributed by atoms with Gasteiger partial charge in [0, 0.05) is 13.6 Å². The number of amides is 1. The zero-order valence-electron chi connectivity index (χ0n) is 10.2. The number of hydrogen-bond acceptors (Lipinski definition) is 5. The minimum Gasteiger partial charge on any atom is -0.358 e. The Morgan fingerprint density at radius 2 is 2.11 bits per heavy atom. The molecule has 19 heavy (non-hydrogen) atoms. The summed E-state index contributed by atoms with van der Waals surface area (Å²) in [5.74, 6) is -0.309. The molecule has 0 radical (unpaired) electrons. The van der Waals surface area contributed by atoms with Gasteiger partial charge in [-0.15, -0.1) is 0 Å². The van der Waals surface area contributed by atoms with Crippen LogP contribution >= 0.6 is 11.6 Å². The minimum absolute atomic E-state index is 0.0248. The average molecular weight is 305 g/mol. The van der Waals surface area contributed by atoms with Crippen LogP contribution in [0.15, 0.2) is 17.3 Å². The van der Waals surface area contributed by atoms with Crippen molar-refractivity contribution in [1.82, 2.24) is 19.6 Å². The van der Waals surface area contributed by atoms with Crippen LogP contribution < -0.4 is 5.32 Å². The molecule has 1 aromatic heterocycles. The molecule has 0 aromatic carbocycles. The molecule has 9 heteroatoms. The highest BCUT2D eigenvalue weighted by Gasteiger charge is 2.39. The molecule has 1 N–H and O–H groups in total. The minimum atomic E-state index is -3.77. The molecule has 1 aliphatic heterocycles. The summed E-state index contributed by atoms with van der Waals surface area (Å²) in [4.78, 5) is 18.9. The molecule has 1 fully saturated rings. The SMILES string of the molecule is CNC(=O)C1CCCN1S(=O)(=O)c1cnc(Cl)nc1. The lowest BCUT2D eigenvalue weighted by Crippen LogP contribution is -2.44. The van der Waals surface area contributed by atoms with Crippen LogP contribution in [0.3, 0.4) is 0 Å². The predicted molar refractivity (Wildman–Crippen MR) is 68.0 cm³/mol. The second-order valence-electron chi connectivity index (χ2n) is 4.08. The first-order valence-corrected chi connectivity index (χ1v) is 7.49. The number of hydrogen-bond donors (Lipinski definition) is 1. The van der Waals surface area contributed by atoms with E-state index in [0.29, 0.717) is 19.4 Å². The normalized spacial score (nSPS) is 20.4. The molecule has 2 heterocycles. The van der Waals surface area contributed by atoms with E-state index in [1.165, 1.54) is 11.4 Å². The van der Waals surface area contributed by atoms with Gasteiger partial charge in [-0.05, 0) is 24.4 Å². The maximum Gasteiger partial charge on any atom is 0.246 e.